The molecule has 2 N–H and O–H groups in total. The Hall–Kier alpha value is -2.82. The largest absolute Gasteiger partial charge is 0.380 e. The fourth-order valence-electron chi connectivity index (χ4n) is 1.86. The molecule has 2 aromatic rings. The standard InChI is InChI=1S/C17H20N4O/c1-4-11-18-14-7-10-16(19-12-14)17(22)20-13-5-8-15(9-6-13)21(2)3/h4-10,12,18H,1,11H2,2-3H3,(H,20,22). The van der Waals surface area contributed by atoms with Gasteiger partial charge in [-0.25, -0.2) is 4.98 Å². The Morgan fingerprint density at radius 1 is 1.18 bits per heavy atom. The first-order valence-electron chi connectivity index (χ1n) is 6.99. The third-order valence-electron chi connectivity index (χ3n) is 3.09. The summed E-state index contributed by atoms with van der Waals surface area (Å²) in [5.41, 5.74) is 3.05. The molecule has 0 fully saturated rings. The van der Waals surface area contributed by atoms with Gasteiger partial charge in [-0.2, -0.15) is 0 Å². The fourth-order valence-corrected chi connectivity index (χ4v) is 1.86. The van der Waals surface area contributed by atoms with E-state index >= 15 is 0 Å². The Bertz CT molecular complexity index is 633. The van der Waals surface area contributed by atoms with Crippen LogP contribution in [0.1, 0.15) is 10.5 Å². The summed E-state index contributed by atoms with van der Waals surface area (Å²) >= 11 is 0. The number of carbonyl (C=O) groups excluding carboxylic acids is 1. The number of anilines is 3. The normalized spacial score (nSPS) is 9.91. The van der Waals surface area contributed by atoms with E-state index in [0.717, 1.165) is 17.1 Å². The zero-order valence-corrected chi connectivity index (χ0v) is 12.8. The summed E-state index contributed by atoms with van der Waals surface area (Å²) in [6.45, 7) is 4.29. The highest BCUT2D eigenvalue weighted by atomic mass is 16.1. The first-order chi connectivity index (χ1) is 10.6. The zero-order valence-electron chi connectivity index (χ0n) is 12.8. The van der Waals surface area contributed by atoms with E-state index in [2.05, 4.69) is 22.2 Å². The Morgan fingerprint density at radius 2 is 1.86 bits per heavy atom. The lowest BCUT2D eigenvalue weighted by Crippen LogP contribution is -2.14. The van der Waals surface area contributed by atoms with Crippen LogP contribution in [0.15, 0.2) is 55.3 Å². The number of aromatic nitrogens is 1. The van der Waals surface area contributed by atoms with Gasteiger partial charge >= 0.3 is 0 Å². The molecule has 0 atom stereocenters. The van der Waals surface area contributed by atoms with Crippen LogP contribution in [0.25, 0.3) is 0 Å². The number of nitrogens with one attached hydrogen (secondary N) is 2. The summed E-state index contributed by atoms with van der Waals surface area (Å²) < 4.78 is 0. The number of hydrogen-bond donors (Lipinski definition) is 2. The van der Waals surface area contributed by atoms with Gasteiger partial charge in [0, 0.05) is 32.0 Å². The monoisotopic (exact) mass is 296 g/mol. The van der Waals surface area contributed by atoms with Crippen molar-refractivity contribution in [3.05, 3.63) is 60.9 Å². The molecule has 1 aromatic heterocycles. The lowest BCUT2D eigenvalue weighted by atomic mass is 10.2. The molecule has 5 heteroatoms. The van der Waals surface area contributed by atoms with E-state index in [-0.39, 0.29) is 5.91 Å². The lowest BCUT2D eigenvalue weighted by Gasteiger charge is -2.13. The van der Waals surface area contributed by atoms with E-state index in [1.165, 1.54) is 0 Å². The molecular formula is C17H20N4O. The molecule has 0 saturated heterocycles. The molecule has 114 valence electrons. The molecule has 5 nitrogen and oxygen atoms in total. The van der Waals surface area contributed by atoms with E-state index in [9.17, 15) is 4.79 Å². The molecular weight excluding hydrogens is 276 g/mol. The second-order valence-electron chi connectivity index (χ2n) is 5.00. The molecule has 1 amide bonds. The molecule has 2 rings (SSSR count). The lowest BCUT2D eigenvalue weighted by molar-refractivity contribution is 0.102. The molecule has 0 saturated carbocycles. The van der Waals surface area contributed by atoms with Crippen LogP contribution in [0.2, 0.25) is 0 Å². The number of pyridine rings is 1. The van der Waals surface area contributed by atoms with E-state index in [0.29, 0.717) is 12.2 Å². The zero-order chi connectivity index (χ0) is 15.9. The average molecular weight is 296 g/mol. The average Bonchev–Trinajstić information content (AvgIpc) is 2.54. The van der Waals surface area contributed by atoms with Crippen LogP contribution >= 0.6 is 0 Å². The molecule has 0 radical (unpaired) electrons. The Labute approximate surface area is 130 Å². The SMILES string of the molecule is C=CCNc1ccc(C(=O)Nc2ccc(N(C)C)cc2)nc1. The molecule has 0 spiro atoms. The number of rotatable bonds is 6. The first kappa shape index (κ1) is 15.6. The van der Waals surface area contributed by atoms with Crippen molar-refractivity contribution in [1.29, 1.82) is 0 Å². The molecule has 0 aliphatic heterocycles. The highest BCUT2D eigenvalue weighted by Gasteiger charge is 2.07. The molecule has 22 heavy (non-hydrogen) atoms. The van der Waals surface area contributed by atoms with Gasteiger partial charge in [-0.3, -0.25) is 4.79 Å². The van der Waals surface area contributed by atoms with Crippen LogP contribution in [0, 0.1) is 0 Å². The van der Waals surface area contributed by atoms with Crippen molar-refractivity contribution in [2.45, 2.75) is 0 Å². The minimum absolute atomic E-state index is 0.229. The van der Waals surface area contributed by atoms with Gasteiger partial charge in [0.2, 0.25) is 0 Å². The summed E-state index contributed by atoms with van der Waals surface area (Å²) in [5, 5.41) is 5.94. The molecule has 0 unspecified atom stereocenters. The Balaban J connectivity index is 2.00. The van der Waals surface area contributed by atoms with Crippen molar-refractivity contribution in [2.75, 3.05) is 36.2 Å². The second kappa shape index (κ2) is 7.26. The van der Waals surface area contributed by atoms with Gasteiger partial charge in [-0.05, 0) is 36.4 Å². The topological polar surface area (TPSA) is 57.3 Å². The third-order valence-corrected chi connectivity index (χ3v) is 3.09. The molecule has 0 aliphatic rings. The number of hydrogen-bond acceptors (Lipinski definition) is 4. The number of carbonyl (C=O) groups is 1. The van der Waals surface area contributed by atoms with Crippen LogP contribution in [-0.2, 0) is 0 Å². The quantitative estimate of drug-likeness (QED) is 0.805. The maximum Gasteiger partial charge on any atom is 0.274 e. The predicted molar refractivity (Wildman–Crippen MR) is 91.6 cm³/mol. The minimum Gasteiger partial charge on any atom is -0.380 e. The summed E-state index contributed by atoms with van der Waals surface area (Å²) in [6.07, 6.45) is 3.39. The summed E-state index contributed by atoms with van der Waals surface area (Å²) in [4.78, 5) is 18.3. The van der Waals surface area contributed by atoms with Crippen LogP contribution in [-0.4, -0.2) is 31.5 Å². The Morgan fingerprint density at radius 3 is 2.41 bits per heavy atom. The van der Waals surface area contributed by atoms with Gasteiger partial charge < -0.3 is 15.5 Å². The van der Waals surface area contributed by atoms with E-state index in [1.54, 1.807) is 18.3 Å². The first-order valence-corrected chi connectivity index (χ1v) is 6.99. The van der Waals surface area contributed by atoms with E-state index in [1.807, 2.05) is 49.3 Å². The number of benzene rings is 1. The molecule has 0 bridgehead atoms. The van der Waals surface area contributed by atoms with Crippen LogP contribution in [0.3, 0.4) is 0 Å². The Kier molecular flexibility index (Phi) is 5.14. The van der Waals surface area contributed by atoms with Crippen molar-refractivity contribution in [1.82, 2.24) is 4.98 Å². The van der Waals surface area contributed by atoms with E-state index < -0.39 is 0 Å². The summed E-state index contributed by atoms with van der Waals surface area (Å²) in [5.74, 6) is -0.229. The maximum absolute atomic E-state index is 12.1. The molecule has 1 heterocycles. The second-order valence-corrected chi connectivity index (χ2v) is 5.00. The van der Waals surface area contributed by atoms with Crippen molar-refractivity contribution in [2.24, 2.45) is 0 Å². The van der Waals surface area contributed by atoms with Crippen molar-refractivity contribution in [3.8, 4) is 0 Å². The minimum atomic E-state index is -0.229. The van der Waals surface area contributed by atoms with Gasteiger partial charge in [0.05, 0.1) is 11.9 Å². The van der Waals surface area contributed by atoms with Crippen LogP contribution in [0.5, 0.6) is 0 Å². The van der Waals surface area contributed by atoms with Gasteiger partial charge in [0.15, 0.2) is 0 Å². The highest BCUT2D eigenvalue weighted by Crippen LogP contribution is 2.16. The van der Waals surface area contributed by atoms with Gasteiger partial charge in [-0.15, -0.1) is 6.58 Å². The van der Waals surface area contributed by atoms with Crippen LogP contribution < -0.4 is 15.5 Å². The van der Waals surface area contributed by atoms with Crippen molar-refractivity contribution >= 4 is 23.0 Å². The van der Waals surface area contributed by atoms with Crippen LogP contribution in [0.4, 0.5) is 17.1 Å². The van der Waals surface area contributed by atoms with Gasteiger partial charge in [0.25, 0.3) is 5.91 Å². The van der Waals surface area contributed by atoms with Gasteiger partial charge in [-0.1, -0.05) is 6.08 Å². The number of nitrogens with zero attached hydrogens (tertiary/aromatic N) is 2. The van der Waals surface area contributed by atoms with Gasteiger partial charge in [0.1, 0.15) is 5.69 Å². The maximum atomic E-state index is 12.1. The summed E-state index contributed by atoms with van der Waals surface area (Å²) in [7, 11) is 3.94. The molecule has 0 aliphatic carbocycles. The highest BCUT2D eigenvalue weighted by molar-refractivity contribution is 6.03. The van der Waals surface area contributed by atoms with Crippen molar-refractivity contribution < 1.29 is 4.79 Å². The van der Waals surface area contributed by atoms with Crippen molar-refractivity contribution in [3.63, 3.8) is 0 Å². The molecule has 1 aromatic carbocycles. The van der Waals surface area contributed by atoms with E-state index in [4.69, 9.17) is 0 Å². The number of amides is 1. The summed E-state index contributed by atoms with van der Waals surface area (Å²) in [6, 6.07) is 11.1. The fraction of sp³-hybridized carbons (Fsp3) is 0.176. The smallest absolute Gasteiger partial charge is 0.274 e. The third kappa shape index (κ3) is 4.09. The predicted octanol–water partition coefficient (Wildman–Crippen LogP) is 3.00.